The van der Waals surface area contributed by atoms with Gasteiger partial charge in [0, 0.05) is 26.3 Å². The van der Waals surface area contributed by atoms with Crippen molar-refractivity contribution in [1.82, 2.24) is 10.2 Å². The molecule has 0 spiro atoms. The van der Waals surface area contributed by atoms with Gasteiger partial charge in [-0.05, 0) is 67.8 Å². The smallest absolute Gasteiger partial charge is 0.0362 e. The number of likely N-dealkylation sites (N-methyl/N-ethyl adjacent to an activating group) is 2. The molecule has 1 aromatic heterocycles. The van der Waals surface area contributed by atoms with Crippen molar-refractivity contribution in [3.05, 3.63) is 20.8 Å². The summed E-state index contributed by atoms with van der Waals surface area (Å²) in [6, 6.07) is 2.82. The van der Waals surface area contributed by atoms with Gasteiger partial charge in [0.05, 0.1) is 0 Å². The molecule has 4 heteroatoms. The molecule has 1 N–H and O–H groups in total. The molecule has 2 nitrogen and oxygen atoms in total. The minimum atomic E-state index is 0.296. The third-order valence-corrected chi connectivity index (χ3v) is 6.75. The summed E-state index contributed by atoms with van der Waals surface area (Å²) in [6.07, 6.45) is 6.50. The summed E-state index contributed by atoms with van der Waals surface area (Å²) in [7, 11) is 4.54. The molecule has 1 heterocycles. The first-order valence-electron chi connectivity index (χ1n) is 8.11. The first-order chi connectivity index (χ1) is 9.98. The lowest BCUT2D eigenvalue weighted by molar-refractivity contribution is 0.0381. The van der Waals surface area contributed by atoms with Crippen molar-refractivity contribution in [2.24, 2.45) is 5.92 Å². The zero-order chi connectivity index (χ0) is 15.5. The van der Waals surface area contributed by atoms with Crippen LogP contribution in [0.15, 0.2) is 15.9 Å². The van der Waals surface area contributed by atoms with Gasteiger partial charge in [0.25, 0.3) is 0 Å². The summed E-state index contributed by atoms with van der Waals surface area (Å²) in [4.78, 5) is 3.98. The number of thiophene rings is 1. The molecular formula is C17H29BrN2S. The molecule has 2 rings (SSSR count). The molecule has 1 fully saturated rings. The standard InChI is InChI=1S/C17H29BrN2S/c1-5-19-16(10-15-9-14(18)12-21-15)17(20(3)4)8-6-7-13(2)11-17/h9,12-13,16,19H,5-8,10-11H2,1-4H3. The van der Waals surface area contributed by atoms with Crippen LogP contribution in [0.4, 0.5) is 0 Å². The van der Waals surface area contributed by atoms with Crippen molar-refractivity contribution < 1.29 is 0 Å². The molecule has 120 valence electrons. The molecule has 1 aromatic rings. The highest BCUT2D eigenvalue weighted by Gasteiger charge is 2.43. The number of rotatable bonds is 6. The van der Waals surface area contributed by atoms with E-state index in [0.717, 1.165) is 18.9 Å². The van der Waals surface area contributed by atoms with Gasteiger partial charge >= 0.3 is 0 Å². The largest absolute Gasteiger partial charge is 0.312 e. The highest BCUT2D eigenvalue weighted by Crippen LogP contribution is 2.39. The van der Waals surface area contributed by atoms with Gasteiger partial charge in [-0.15, -0.1) is 11.3 Å². The van der Waals surface area contributed by atoms with E-state index in [2.05, 4.69) is 65.5 Å². The Morgan fingerprint density at radius 1 is 1.52 bits per heavy atom. The summed E-state index contributed by atoms with van der Waals surface area (Å²) in [5, 5.41) is 6.00. The molecule has 0 bridgehead atoms. The van der Waals surface area contributed by atoms with E-state index >= 15 is 0 Å². The molecule has 21 heavy (non-hydrogen) atoms. The van der Waals surface area contributed by atoms with Crippen LogP contribution in [0.3, 0.4) is 0 Å². The van der Waals surface area contributed by atoms with Crippen LogP contribution < -0.4 is 5.32 Å². The van der Waals surface area contributed by atoms with E-state index in [9.17, 15) is 0 Å². The quantitative estimate of drug-likeness (QED) is 0.788. The van der Waals surface area contributed by atoms with Gasteiger partial charge in [0.1, 0.15) is 0 Å². The van der Waals surface area contributed by atoms with Crippen molar-refractivity contribution in [1.29, 1.82) is 0 Å². The second-order valence-corrected chi connectivity index (χ2v) is 8.66. The Bertz CT molecular complexity index is 446. The molecule has 3 atom stereocenters. The molecule has 1 saturated carbocycles. The van der Waals surface area contributed by atoms with Crippen LogP contribution >= 0.6 is 27.3 Å². The molecule has 1 aliphatic rings. The second kappa shape index (κ2) is 7.58. The van der Waals surface area contributed by atoms with Gasteiger partial charge in [-0.25, -0.2) is 0 Å². The third-order valence-electron chi connectivity index (χ3n) is 5.03. The summed E-state index contributed by atoms with van der Waals surface area (Å²) in [5.74, 6) is 0.831. The molecule has 1 aliphatic carbocycles. The maximum Gasteiger partial charge on any atom is 0.0362 e. The molecule has 0 amide bonds. The van der Waals surface area contributed by atoms with Crippen LogP contribution in [0.1, 0.15) is 44.4 Å². The Labute approximate surface area is 142 Å². The van der Waals surface area contributed by atoms with E-state index in [1.54, 1.807) is 0 Å². The highest BCUT2D eigenvalue weighted by molar-refractivity contribution is 9.10. The predicted octanol–water partition coefficient (Wildman–Crippen LogP) is 4.54. The number of hydrogen-bond acceptors (Lipinski definition) is 3. The van der Waals surface area contributed by atoms with Gasteiger partial charge in [-0.2, -0.15) is 0 Å². The predicted molar refractivity (Wildman–Crippen MR) is 97.2 cm³/mol. The maximum absolute atomic E-state index is 3.80. The fourth-order valence-corrected chi connectivity index (χ4v) is 5.46. The van der Waals surface area contributed by atoms with Crippen molar-refractivity contribution in [3.8, 4) is 0 Å². The number of nitrogens with zero attached hydrogens (tertiary/aromatic N) is 1. The first-order valence-corrected chi connectivity index (χ1v) is 9.79. The third kappa shape index (κ3) is 4.10. The Morgan fingerprint density at radius 2 is 2.29 bits per heavy atom. The van der Waals surface area contributed by atoms with Crippen molar-refractivity contribution in [2.75, 3.05) is 20.6 Å². The van der Waals surface area contributed by atoms with Gasteiger partial charge < -0.3 is 10.2 Å². The molecule has 0 aliphatic heterocycles. The molecule has 3 unspecified atom stereocenters. The Kier molecular flexibility index (Phi) is 6.30. The van der Waals surface area contributed by atoms with E-state index in [-0.39, 0.29) is 0 Å². The normalized spacial score (nSPS) is 28.0. The van der Waals surface area contributed by atoms with Crippen LogP contribution in [0.2, 0.25) is 0 Å². The first kappa shape index (κ1) is 17.5. The summed E-state index contributed by atoms with van der Waals surface area (Å²) >= 11 is 5.46. The minimum absolute atomic E-state index is 0.296. The Morgan fingerprint density at radius 3 is 2.81 bits per heavy atom. The van der Waals surface area contributed by atoms with Crippen LogP contribution in [0.5, 0.6) is 0 Å². The fraction of sp³-hybridized carbons (Fsp3) is 0.765. The Balaban J connectivity index is 2.23. The minimum Gasteiger partial charge on any atom is -0.312 e. The van der Waals surface area contributed by atoms with Gasteiger partial charge in [-0.3, -0.25) is 0 Å². The number of nitrogens with one attached hydrogen (secondary N) is 1. The number of halogens is 1. The van der Waals surface area contributed by atoms with E-state index < -0.39 is 0 Å². The highest BCUT2D eigenvalue weighted by atomic mass is 79.9. The molecule has 0 radical (unpaired) electrons. The van der Waals surface area contributed by atoms with Crippen molar-refractivity contribution >= 4 is 27.3 Å². The van der Waals surface area contributed by atoms with E-state index in [1.165, 1.54) is 35.0 Å². The van der Waals surface area contributed by atoms with Crippen molar-refractivity contribution in [2.45, 2.75) is 57.5 Å². The molecule has 0 aromatic carbocycles. The van der Waals surface area contributed by atoms with Gasteiger partial charge in [-0.1, -0.05) is 26.7 Å². The van der Waals surface area contributed by atoms with Gasteiger partial charge in [0.2, 0.25) is 0 Å². The van der Waals surface area contributed by atoms with E-state index in [4.69, 9.17) is 0 Å². The topological polar surface area (TPSA) is 15.3 Å². The molecular weight excluding hydrogens is 344 g/mol. The number of hydrogen-bond donors (Lipinski definition) is 1. The van der Waals surface area contributed by atoms with Crippen LogP contribution in [0, 0.1) is 5.92 Å². The van der Waals surface area contributed by atoms with Crippen LogP contribution in [-0.4, -0.2) is 37.1 Å². The summed E-state index contributed by atoms with van der Waals surface area (Å²) < 4.78 is 1.22. The summed E-state index contributed by atoms with van der Waals surface area (Å²) in [6.45, 7) is 5.69. The zero-order valence-corrected chi connectivity index (χ0v) is 16.2. The lowest BCUT2D eigenvalue weighted by Gasteiger charge is -2.50. The SMILES string of the molecule is CCNC(Cc1cc(Br)cs1)C1(N(C)C)CCCC(C)C1. The lowest BCUT2D eigenvalue weighted by Crippen LogP contribution is -2.61. The lowest BCUT2D eigenvalue weighted by atomic mass is 9.70. The average molecular weight is 373 g/mol. The van der Waals surface area contributed by atoms with E-state index in [0.29, 0.717) is 11.6 Å². The zero-order valence-electron chi connectivity index (χ0n) is 13.8. The van der Waals surface area contributed by atoms with Gasteiger partial charge in [0.15, 0.2) is 0 Å². The molecule has 0 saturated heterocycles. The van der Waals surface area contributed by atoms with Crippen LogP contribution in [0.25, 0.3) is 0 Å². The summed E-state index contributed by atoms with van der Waals surface area (Å²) in [5.41, 5.74) is 0.296. The maximum atomic E-state index is 3.80. The van der Waals surface area contributed by atoms with Crippen LogP contribution in [-0.2, 0) is 6.42 Å². The fourth-order valence-electron chi connectivity index (χ4n) is 3.96. The van der Waals surface area contributed by atoms with Crippen molar-refractivity contribution in [3.63, 3.8) is 0 Å². The monoisotopic (exact) mass is 372 g/mol. The Hall–Kier alpha value is 0.1000. The average Bonchev–Trinajstić information content (AvgIpc) is 2.83. The second-order valence-electron chi connectivity index (χ2n) is 6.75. The van der Waals surface area contributed by atoms with E-state index in [1.807, 2.05) is 11.3 Å².